The van der Waals surface area contributed by atoms with E-state index in [1.165, 1.54) is 19.5 Å². The van der Waals surface area contributed by atoms with E-state index in [1.807, 2.05) is 14.1 Å². The molecule has 1 aromatic heterocycles. The fourth-order valence-corrected chi connectivity index (χ4v) is 2.24. The van der Waals surface area contributed by atoms with Crippen molar-refractivity contribution in [2.75, 3.05) is 52.0 Å². The van der Waals surface area contributed by atoms with E-state index in [1.54, 1.807) is 25.3 Å². The number of aromatic nitrogens is 2. The summed E-state index contributed by atoms with van der Waals surface area (Å²) in [5.41, 5.74) is 0.872. The summed E-state index contributed by atoms with van der Waals surface area (Å²) in [4.78, 5) is 22.9. The van der Waals surface area contributed by atoms with E-state index in [-0.39, 0.29) is 5.91 Å². The molecule has 0 aliphatic carbocycles. The quantitative estimate of drug-likeness (QED) is 0.663. The van der Waals surface area contributed by atoms with Crippen molar-refractivity contribution in [3.63, 3.8) is 0 Å². The average Bonchev–Trinajstić information content (AvgIpc) is 2.65. The molecule has 2 rings (SSSR count). The van der Waals surface area contributed by atoms with Gasteiger partial charge < -0.3 is 25.0 Å². The molecular weight excluding hydrogens is 334 g/mol. The van der Waals surface area contributed by atoms with Gasteiger partial charge in [-0.25, -0.2) is 9.97 Å². The van der Waals surface area contributed by atoms with E-state index in [4.69, 9.17) is 9.47 Å². The van der Waals surface area contributed by atoms with Gasteiger partial charge in [-0.15, -0.1) is 0 Å². The van der Waals surface area contributed by atoms with Crippen LogP contribution in [0.25, 0.3) is 0 Å². The highest BCUT2D eigenvalue weighted by Crippen LogP contribution is 2.29. The fourth-order valence-electron chi connectivity index (χ4n) is 2.24. The Labute approximate surface area is 153 Å². The molecule has 0 spiro atoms. The molecule has 8 heteroatoms. The van der Waals surface area contributed by atoms with Crippen LogP contribution in [0.3, 0.4) is 0 Å². The van der Waals surface area contributed by atoms with E-state index in [0.29, 0.717) is 28.7 Å². The Bertz CT molecular complexity index is 719. The average molecular weight is 359 g/mol. The van der Waals surface area contributed by atoms with Gasteiger partial charge in [0.25, 0.3) is 5.91 Å². The SMILES string of the molecule is COc1ccc(OC)c(NC(=O)c2cnc(NCCCN(C)C)nc2)c1. The minimum absolute atomic E-state index is 0.323. The van der Waals surface area contributed by atoms with Crippen LogP contribution in [0.4, 0.5) is 11.6 Å². The van der Waals surface area contributed by atoms with Gasteiger partial charge in [0.2, 0.25) is 5.95 Å². The molecular formula is C18H25N5O3. The van der Waals surface area contributed by atoms with Crippen LogP contribution in [0.2, 0.25) is 0 Å². The molecule has 140 valence electrons. The summed E-state index contributed by atoms with van der Waals surface area (Å²) >= 11 is 0. The van der Waals surface area contributed by atoms with Crippen molar-refractivity contribution in [3.05, 3.63) is 36.2 Å². The number of hydrogen-bond acceptors (Lipinski definition) is 7. The van der Waals surface area contributed by atoms with E-state index in [9.17, 15) is 4.79 Å². The molecule has 1 amide bonds. The molecule has 1 aromatic carbocycles. The molecule has 2 N–H and O–H groups in total. The van der Waals surface area contributed by atoms with Crippen LogP contribution >= 0.6 is 0 Å². The molecule has 0 radical (unpaired) electrons. The van der Waals surface area contributed by atoms with Crippen molar-refractivity contribution < 1.29 is 14.3 Å². The second-order valence-electron chi connectivity index (χ2n) is 5.90. The van der Waals surface area contributed by atoms with Gasteiger partial charge in [0, 0.05) is 25.0 Å². The monoisotopic (exact) mass is 359 g/mol. The summed E-state index contributed by atoms with van der Waals surface area (Å²) in [6, 6.07) is 5.18. The van der Waals surface area contributed by atoms with E-state index >= 15 is 0 Å². The van der Waals surface area contributed by atoms with Crippen molar-refractivity contribution in [2.45, 2.75) is 6.42 Å². The Kier molecular flexibility index (Phi) is 7.16. The molecule has 1 heterocycles. The van der Waals surface area contributed by atoms with E-state index in [0.717, 1.165) is 19.5 Å². The number of benzene rings is 1. The normalized spacial score (nSPS) is 10.5. The lowest BCUT2D eigenvalue weighted by Gasteiger charge is -2.12. The molecule has 8 nitrogen and oxygen atoms in total. The fraction of sp³-hybridized carbons (Fsp3) is 0.389. The summed E-state index contributed by atoms with van der Waals surface area (Å²) < 4.78 is 10.4. The zero-order chi connectivity index (χ0) is 18.9. The minimum atomic E-state index is -0.323. The molecule has 0 atom stereocenters. The number of amides is 1. The van der Waals surface area contributed by atoms with E-state index < -0.39 is 0 Å². The summed E-state index contributed by atoms with van der Waals surface area (Å²) in [5, 5.41) is 5.92. The van der Waals surface area contributed by atoms with Crippen LogP contribution in [0, 0.1) is 0 Å². The highest BCUT2D eigenvalue weighted by Gasteiger charge is 2.12. The first-order valence-electron chi connectivity index (χ1n) is 8.27. The molecule has 0 saturated heterocycles. The summed E-state index contributed by atoms with van der Waals surface area (Å²) in [5.74, 6) is 1.34. The van der Waals surface area contributed by atoms with Crippen LogP contribution in [0.15, 0.2) is 30.6 Å². The third kappa shape index (κ3) is 5.59. The molecule has 0 saturated carbocycles. The van der Waals surface area contributed by atoms with Gasteiger partial charge in [0.1, 0.15) is 11.5 Å². The first kappa shape index (κ1) is 19.5. The molecule has 0 aliphatic heterocycles. The second kappa shape index (κ2) is 9.57. The van der Waals surface area contributed by atoms with Gasteiger partial charge in [0.15, 0.2) is 0 Å². The number of hydrogen-bond donors (Lipinski definition) is 2. The highest BCUT2D eigenvalue weighted by molar-refractivity contribution is 6.04. The zero-order valence-corrected chi connectivity index (χ0v) is 15.6. The predicted octanol–water partition coefficient (Wildman–Crippen LogP) is 2.11. The molecule has 26 heavy (non-hydrogen) atoms. The number of methoxy groups -OCH3 is 2. The zero-order valence-electron chi connectivity index (χ0n) is 15.6. The number of carbonyl (C=O) groups excluding carboxylic acids is 1. The standard InChI is InChI=1S/C18H25N5O3/c1-23(2)9-5-8-19-18-20-11-13(12-21-18)17(24)22-15-10-14(25-3)6-7-16(15)26-4/h6-7,10-12H,5,8-9H2,1-4H3,(H,22,24)(H,19,20,21). The smallest absolute Gasteiger partial charge is 0.258 e. The maximum Gasteiger partial charge on any atom is 0.258 e. The Hall–Kier alpha value is -2.87. The highest BCUT2D eigenvalue weighted by atomic mass is 16.5. The second-order valence-corrected chi connectivity index (χ2v) is 5.90. The van der Waals surface area contributed by atoms with Crippen LogP contribution in [-0.2, 0) is 0 Å². The van der Waals surface area contributed by atoms with Crippen molar-refractivity contribution in [1.29, 1.82) is 0 Å². The summed E-state index contributed by atoms with van der Waals surface area (Å²) in [6.07, 6.45) is 3.96. The first-order valence-corrected chi connectivity index (χ1v) is 8.27. The Morgan fingerprint density at radius 2 is 1.88 bits per heavy atom. The number of carbonyl (C=O) groups is 1. The van der Waals surface area contributed by atoms with Gasteiger partial charge in [0.05, 0.1) is 25.5 Å². The number of nitrogens with one attached hydrogen (secondary N) is 2. The number of nitrogens with zero attached hydrogens (tertiary/aromatic N) is 3. The Morgan fingerprint density at radius 1 is 1.15 bits per heavy atom. The van der Waals surface area contributed by atoms with Gasteiger partial charge in [-0.05, 0) is 39.2 Å². The minimum Gasteiger partial charge on any atom is -0.497 e. The molecule has 0 aliphatic rings. The van der Waals surface area contributed by atoms with Crippen molar-refractivity contribution in [2.24, 2.45) is 0 Å². The van der Waals surface area contributed by atoms with Gasteiger partial charge >= 0.3 is 0 Å². The molecule has 0 fully saturated rings. The van der Waals surface area contributed by atoms with Crippen LogP contribution < -0.4 is 20.1 Å². The van der Waals surface area contributed by atoms with Crippen molar-refractivity contribution >= 4 is 17.5 Å². The Morgan fingerprint density at radius 3 is 2.50 bits per heavy atom. The van der Waals surface area contributed by atoms with Crippen molar-refractivity contribution in [3.8, 4) is 11.5 Å². The largest absolute Gasteiger partial charge is 0.497 e. The number of rotatable bonds is 9. The van der Waals surface area contributed by atoms with Crippen LogP contribution in [0.1, 0.15) is 16.8 Å². The van der Waals surface area contributed by atoms with Crippen LogP contribution in [-0.4, -0.2) is 62.2 Å². The lowest BCUT2D eigenvalue weighted by molar-refractivity contribution is 0.102. The number of anilines is 2. The maximum absolute atomic E-state index is 12.4. The first-order chi connectivity index (χ1) is 12.5. The van der Waals surface area contributed by atoms with Gasteiger partial charge in [-0.2, -0.15) is 0 Å². The molecule has 2 aromatic rings. The third-order valence-electron chi connectivity index (χ3n) is 3.63. The molecule has 0 bridgehead atoms. The predicted molar refractivity (Wildman–Crippen MR) is 101 cm³/mol. The lowest BCUT2D eigenvalue weighted by Crippen LogP contribution is -2.17. The topological polar surface area (TPSA) is 88.6 Å². The van der Waals surface area contributed by atoms with E-state index in [2.05, 4.69) is 25.5 Å². The van der Waals surface area contributed by atoms with Gasteiger partial charge in [-0.1, -0.05) is 0 Å². The van der Waals surface area contributed by atoms with Gasteiger partial charge in [-0.3, -0.25) is 4.79 Å². The lowest BCUT2D eigenvalue weighted by atomic mass is 10.2. The van der Waals surface area contributed by atoms with Crippen molar-refractivity contribution in [1.82, 2.24) is 14.9 Å². The number of ether oxygens (including phenoxy) is 2. The third-order valence-corrected chi connectivity index (χ3v) is 3.63. The maximum atomic E-state index is 12.4. The summed E-state index contributed by atoms with van der Waals surface area (Å²) in [7, 11) is 7.16. The van der Waals surface area contributed by atoms with Crippen LogP contribution in [0.5, 0.6) is 11.5 Å². The molecule has 0 unspecified atom stereocenters. The summed E-state index contributed by atoms with van der Waals surface area (Å²) in [6.45, 7) is 1.75. The Balaban J connectivity index is 1.97.